The molecule has 0 N–H and O–H groups in total. The summed E-state index contributed by atoms with van der Waals surface area (Å²) in [6.45, 7) is 5.02. The average molecular weight is 256 g/mol. The number of unbranched alkanes of at least 4 members (excludes halogenated alkanes) is 2. The van der Waals surface area contributed by atoms with E-state index >= 15 is 0 Å². The normalized spacial score (nSPS) is 22.1. The molecular weight excluding hydrogens is 232 g/mol. The molecule has 0 aliphatic heterocycles. The van der Waals surface area contributed by atoms with Gasteiger partial charge in [-0.15, -0.1) is 0 Å². The van der Waals surface area contributed by atoms with Gasteiger partial charge in [0.05, 0.1) is 25.0 Å². The fourth-order valence-electron chi connectivity index (χ4n) is 1.91. The first-order valence-electron chi connectivity index (χ1n) is 7.04. The molecule has 0 saturated heterocycles. The number of hydrogen-bond acceptors (Lipinski definition) is 4. The van der Waals surface area contributed by atoms with Crippen LogP contribution in [0.4, 0.5) is 0 Å². The van der Waals surface area contributed by atoms with Gasteiger partial charge in [0.1, 0.15) is 0 Å². The number of hydrogen-bond donors (Lipinski definition) is 0. The van der Waals surface area contributed by atoms with Gasteiger partial charge >= 0.3 is 11.9 Å². The molecule has 0 unspecified atom stereocenters. The highest BCUT2D eigenvalue weighted by Crippen LogP contribution is 2.36. The lowest BCUT2D eigenvalue weighted by Crippen LogP contribution is -2.40. The second-order valence-corrected chi connectivity index (χ2v) is 4.83. The van der Waals surface area contributed by atoms with E-state index in [0.29, 0.717) is 13.2 Å². The average Bonchev–Trinajstić information content (AvgIpc) is 2.28. The summed E-state index contributed by atoms with van der Waals surface area (Å²) in [5.74, 6) is -0.994. The molecule has 0 radical (unpaired) electrons. The molecule has 4 nitrogen and oxygen atoms in total. The summed E-state index contributed by atoms with van der Waals surface area (Å²) in [5.41, 5.74) is 0. The van der Waals surface area contributed by atoms with Gasteiger partial charge in [-0.3, -0.25) is 9.59 Å². The van der Waals surface area contributed by atoms with Gasteiger partial charge in [-0.25, -0.2) is 0 Å². The molecule has 4 heteroatoms. The Kier molecular flexibility index (Phi) is 6.76. The second-order valence-electron chi connectivity index (χ2n) is 4.83. The van der Waals surface area contributed by atoms with Gasteiger partial charge in [0.15, 0.2) is 0 Å². The van der Waals surface area contributed by atoms with Crippen LogP contribution in [-0.2, 0) is 19.1 Å². The van der Waals surface area contributed by atoms with Crippen LogP contribution < -0.4 is 0 Å². The SMILES string of the molecule is CCCCOC(=O)[C@H]1CC[C@H]1C(=O)OCCCC. The Bertz CT molecular complexity index is 247. The van der Waals surface area contributed by atoms with E-state index in [4.69, 9.17) is 9.47 Å². The monoisotopic (exact) mass is 256 g/mol. The highest BCUT2D eigenvalue weighted by molar-refractivity contribution is 5.83. The van der Waals surface area contributed by atoms with Crippen molar-refractivity contribution in [2.24, 2.45) is 11.8 Å². The molecule has 0 amide bonds. The summed E-state index contributed by atoms with van der Waals surface area (Å²) >= 11 is 0. The van der Waals surface area contributed by atoms with E-state index in [1.165, 1.54) is 0 Å². The topological polar surface area (TPSA) is 52.6 Å². The summed E-state index contributed by atoms with van der Waals surface area (Å²) in [6, 6.07) is 0. The van der Waals surface area contributed by atoms with Crippen LogP contribution in [0.1, 0.15) is 52.4 Å². The molecule has 1 aliphatic rings. The lowest BCUT2D eigenvalue weighted by Gasteiger charge is -2.32. The second kappa shape index (κ2) is 8.11. The summed E-state index contributed by atoms with van der Waals surface area (Å²) in [4.78, 5) is 23.4. The zero-order valence-electron chi connectivity index (χ0n) is 11.4. The van der Waals surface area contributed by atoms with Crippen molar-refractivity contribution in [1.82, 2.24) is 0 Å². The maximum Gasteiger partial charge on any atom is 0.309 e. The van der Waals surface area contributed by atoms with E-state index in [1.54, 1.807) is 0 Å². The molecule has 0 heterocycles. The third kappa shape index (κ3) is 4.31. The Morgan fingerprint density at radius 1 is 0.889 bits per heavy atom. The standard InChI is InChI=1S/C14H24O4/c1-3-5-9-17-13(15)11-7-8-12(11)14(16)18-10-6-4-2/h11-12H,3-10H2,1-2H3/t11-,12+. The van der Waals surface area contributed by atoms with E-state index in [-0.39, 0.29) is 23.8 Å². The van der Waals surface area contributed by atoms with Crippen LogP contribution in [0.5, 0.6) is 0 Å². The number of carbonyl (C=O) groups excluding carboxylic acids is 2. The van der Waals surface area contributed by atoms with Crippen molar-refractivity contribution in [3.8, 4) is 0 Å². The highest BCUT2D eigenvalue weighted by atomic mass is 16.5. The Morgan fingerprint density at radius 2 is 1.28 bits per heavy atom. The Labute approximate surface area is 109 Å². The number of carbonyl (C=O) groups is 2. The maximum absolute atomic E-state index is 11.7. The van der Waals surface area contributed by atoms with Gasteiger partial charge in [-0.2, -0.15) is 0 Å². The van der Waals surface area contributed by atoms with Crippen molar-refractivity contribution >= 4 is 11.9 Å². The first-order valence-corrected chi connectivity index (χ1v) is 7.04. The van der Waals surface area contributed by atoms with E-state index in [2.05, 4.69) is 0 Å². The number of esters is 2. The van der Waals surface area contributed by atoms with Crippen LogP contribution in [0.3, 0.4) is 0 Å². The molecule has 1 rings (SSSR count). The van der Waals surface area contributed by atoms with Crippen LogP contribution in [0.15, 0.2) is 0 Å². The molecule has 18 heavy (non-hydrogen) atoms. The predicted molar refractivity (Wildman–Crippen MR) is 67.9 cm³/mol. The minimum absolute atomic E-state index is 0.229. The Hall–Kier alpha value is -1.06. The molecule has 104 valence electrons. The van der Waals surface area contributed by atoms with Gasteiger partial charge in [0.25, 0.3) is 0 Å². The van der Waals surface area contributed by atoms with Crippen LogP contribution in [0.2, 0.25) is 0 Å². The first-order chi connectivity index (χ1) is 8.70. The van der Waals surface area contributed by atoms with Crippen molar-refractivity contribution < 1.29 is 19.1 Å². The predicted octanol–water partition coefficient (Wildman–Crippen LogP) is 2.70. The van der Waals surface area contributed by atoms with Crippen LogP contribution in [0, 0.1) is 11.8 Å². The summed E-state index contributed by atoms with van der Waals surface area (Å²) in [6.07, 6.45) is 5.26. The largest absolute Gasteiger partial charge is 0.465 e. The van der Waals surface area contributed by atoms with Crippen molar-refractivity contribution in [2.75, 3.05) is 13.2 Å². The molecule has 0 bridgehead atoms. The van der Waals surface area contributed by atoms with Crippen LogP contribution in [-0.4, -0.2) is 25.2 Å². The smallest absolute Gasteiger partial charge is 0.309 e. The molecule has 0 aromatic rings. The molecule has 0 spiro atoms. The van der Waals surface area contributed by atoms with Crippen molar-refractivity contribution in [1.29, 1.82) is 0 Å². The molecule has 1 aliphatic carbocycles. The zero-order valence-corrected chi connectivity index (χ0v) is 11.4. The molecule has 0 aromatic carbocycles. The minimum Gasteiger partial charge on any atom is -0.465 e. The Balaban J connectivity index is 2.26. The Morgan fingerprint density at radius 3 is 1.56 bits per heavy atom. The van der Waals surface area contributed by atoms with Crippen molar-refractivity contribution in [3.05, 3.63) is 0 Å². The quantitative estimate of drug-likeness (QED) is 0.495. The van der Waals surface area contributed by atoms with Crippen molar-refractivity contribution in [2.45, 2.75) is 52.4 Å². The minimum atomic E-state index is -0.268. The maximum atomic E-state index is 11.7. The molecule has 0 aromatic heterocycles. The molecule has 1 saturated carbocycles. The molecule has 1 fully saturated rings. The van der Waals surface area contributed by atoms with E-state index in [9.17, 15) is 9.59 Å². The first kappa shape index (κ1) is 15.0. The fourth-order valence-corrected chi connectivity index (χ4v) is 1.91. The van der Waals surface area contributed by atoms with Crippen LogP contribution in [0.25, 0.3) is 0 Å². The summed E-state index contributed by atoms with van der Waals surface area (Å²) in [7, 11) is 0. The lowest BCUT2D eigenvalue weighted by molar-refractivity contribution is -0.167. The highest BCUT2D eigenvalue weighted by Gasteiger charge is 2.43. The summed E-state index contributed by atoms with van der Waals surface area (Å²) in [5, 5.41) is 0. The van der Waals surface area contributed by atoms with Crippen molar-refractivity contribution in [3.63, 3.8) is 0 Å². The third-order valence-electron chi connectivity index (χ3n) is 3.36. The molecule has 2 atom stereocenters. The number of ether oxygens (including phenoxy) is 2. The number of rotatable bonds is 8. The van der Waals surface area contributed by atoms with Gasteiger partial charge in [0.2, 0.25) is 0 Å². The fraction of sp³-hybridized carbons (Fsp3) is 0.857. The van der Waals surface area contributed by atoms with Gasteiger partial charge in [0, 0.05) is 0 Å². The summed E-state index contributed by atoms with van der Waals surface area (Å²) < 4.78 is 10.3. The van der Waals surface area contributed by atoms with Gasteiger partial charge in [-0.1, -0.05) is 26.7 Å². The zero-order chi connectivity index (χ0) is 13.4. The third-order valence-corrected chi connectivity index (χ3v) is 3.36. The van der Waals surface area contributed by atoms with E-state index < -0.39 is 0 Å². The van der Waals surface area contributed by atoms with Gasteiger partial charge < -0.3 is 9.47 Å². The van der Waals surface area contributed by atoms with Gasteiger partial charge in [-0.05, 0) is 25.7 Å². The lowest BCUT2D eigenvalue weighted by atomic mass is 9.73. The van der Waals surface area contributed by atoms with E-state index in [1.807, 2.05) is 13.8 Å². The van der Waals surface area contributed by atoms with Crippen LogP contribution >= 0.6 is 0 Å². The molecular formula is C14H24O4. The van der Waals surface area contributed by atoms with E-state index in [0.717, 1.165) is 38.5 Å².